The Labute approximate surface area is 66.6 Å². The molecule has 0 amide bonds. The van der Waals surface area contributed by atoms with Crippen molar-refractivity contribution >= 4 is 22.6 Å². The van der Waals surface area contributed by atoms with E-state index < -0.39 is 0 Å². The molecule has 3 nitrogen and oxygen atoms in total. The highest BCUT2D eigenvalue weighted by atomic mass is 127. The summed E-state index contributed by atoms with van der Waals surface area (Å²) in [5.41, 5.74) is 0.840. The second kappa shape index (κ2) is 3.84. The predicted octanol–water partition coefficient (Wildman–Crippen LogP) is 1.58. The van der Waals surface area contributed by atoms with Crippen LogP contribution in [0.1, 0.15) is 5.69 Å². The highest BCUT2D eigenvalue weighted by Gasteiger charge is 1.92. The van der Waals surface area contributed by atoms with Crippen LogP contribution in [0.4, 0.5) is 0 Å². The van der Waals surface area contributed by atoms with Gasteiger partial charge in [0.2, 0.25) is 0 Å². The SMILES string of the molecule is ICOCc1cocn1. The van der Waals surface area contributed by atoms with Crippen LogP contribution in [0.5, 0.6) is 0 Å². The van der Waals surface area contributed by atoms with Gasteiger partial charge in [-0.05, 0) is 0 Å². The molecule has 0 spiro atoms. The first-order valence-electron chi connectivity index (χ1n) is 2.44. The Morgan fingerprint density at radius 3 is 3.22 bits per heavy atom. The van der Waals surface area contributed by atoms with Crippen LogP contribution < -0.4 is 0 Å². The Bertz CT molecular complexity index is 152. The number of alkyl halides is 1. The van der Waals surface area contributed by atoms with E-state index in [4.69, 9.17) is 9.15 Å². The van der Waals surface area contributed by atoms with E-state index in [1.807, 2.05) is 0 Å². The molecule has 0 aromatic carbocycles. The van der Waals surface area contributed by atoms with Crippen molar-refractivity contribution in [3.63, 3.8) is 0 Å². The molecular weight excluding hydrogens is 233 g/mol. The first kappa shape index (κ1) is 7.01. The lowest BCUT2D eigenvalue weighted by Crippen LogP contribution is -1.88. The lowest BCUT2D eigenvalue weighted by atomic mass is 10.5. The van der Waals surface area contributed by atoms with Crippen LogP contribution in [-0.2, 0) is 11.3 Å². The molecule has 1 aromatic heterocycles. The van der Waals surface area contributed by atoms with E-state index in [0.717, 1.165) is 5.69 Å². The van der Waals surface area contributed by atoms with Crippen LogP contribution >= 0.6 is 22.6 Å². The summed E-state index contributed by atoms with van der Waals surface area (Å²) in [6.45, 7) is 0.541. The Kier molecular flexibility index (Phi) is 2.99. The highest BCUT2D eigenvalue weighted by Crippen LogP contribution is 1.97. The van der Waals surface area contributed by atoms with E-state index in [0.29, 0.717) is 11.2 Å². The summed E-state index contributed by atoms with van der Waals surface area (Å²) in [4.78, 5) is 3.86. The molecular formula is C5H6INO2. The summed E-state index contributed by atoms with van der Waals surface area (Å²) in [5.74, 6) is 0. The molecule has 1 rings (SSSR count). The van der Waals surface area contributed by atoms with E-state index in [-0.39, 0.29) is 0 Å². The van der Waals surface area contributed by atoms with E-state index in [2.05, 4.69) is 27.6 Å². The number of nitrogens with zero attached hydrogens (tertiary/aromatic N) is 1. The maximum absolute atomic E-state index is 5.04. The van der Waals surface area contributed by atoms with Gasteiger partial charge >= 0.3 is 0 Å². The van der Waals surface area contributed by atoms with Crippen molar-refractivity contribution in [2.75, 3.05) is 4.61 Å². The second-order valence-electron chi connectivity index (χ2n) is 1.44. The van der Waals surface area contributed by atoms with Crippen LogP contribution in [0.15, 0.2) is 17.1 Å². The van der Waals surface area contributed by atoms with Crippen LogP contribution in [-0.4, -0.2) is 9.60 Å². The molecule has 1 aromatic rings. The third-order valence-corrected chi connectivity index (χ3v) is 1.25. The molecule has 50 valence electrons. The van der Waals surface area contributed by atoms with Gasteiger partial charge in [-0.2, -0.15) is 0 Å². The number of ether oxygens (including phenoxy) is 1. The van der Waals surface area contributed by atoms with E-state index in [1.165, 1.54) is 6.39 Å². The number of hydrogen-bond donors (Lipinski definition) is 0. The number of oxazole rings is 1. The van der Waals surface area contributed by atoms with Gasteiger partial charge in [-0.15, -0.1) is 0 Å². The average molecular weight is 239 g/mol. The number of halogens is 1. The molecule has 0 saturated heterocycles. The fourth-order valence-electron chi connectivity index (χ4n) is 0.452. The van der Waals surface area contributed by atoms with Gasteiger partial charge in [-0.1, -0.05) is 22.6 Å². The molecule has 0 saturated carbocycles. The van der Waals surface area contributed by atoms with Crippen LogP contribution in [0.3, 0.4) is 0 Å². The van der Waals surface area contributed by atoms with E-state index in [1.54, 1.807) is 6.26 Å². The number of hydrogen-bond acceptors (Lipinski definition) is 3. The topological polar surface area (TPSA) is 35.3 Å². The van der Waals surface area contributed by atoms with Gasteiger partial charge in [0.05, 0.1) is 11.2 Å². The third kappa shape index (κ3) is 2.31. The minimum atomic E-state index is 0.541. The summed E-state index contributed by atoms with van der Waals surface area (Å²) in [6, 6.07) is 0. The Hall–Kier alpha value is -0.100. The van der Waals surface area contributed by atoms with Gasteiger partial charge in [-0.3, -0.25) is 0 Å². The monoisotopic (exact) mass is 239 g/mol. The lowest BCUT2D eigenvalue weighted by molar-refractivity contribution is 0.174. The molecule has 0 atom stereocenters. The van der Waals surface area contributed by atoms with Crippen molar-refractivity contribution < 1.29 is 9.15 Å². The van der Waals surface area contributed by atoms with Gasteiger partial charge < -0.3 is 9.15 Å². The molecule has 0 bridgehead atoms. The highest BCUT2D eigenvalue weighted by molar-refractivity contribution is 14.1. The maximum atomic E-state index is 5.04. The molecule has 9 heavy (non-hydrogen) atoms. The molecule has 4 heteroatoms. The van der Waals surface area contributed by atoms with Crippen molar-refractivity contribution in [3.05, 3.63) is 18.4 Å². The third-order valence-electron chi connectivity index (χ3n) is 0.811. The zero-order valence-corrected chi connectivity index (χ0v) is 6.87. The lowest BCUT2D eigenvalue weighted by Gasteiger charge is -1.91. The van der Waals surface area contributed by atoms with Crippen LogP contribution in [0.25, 0.3) is 0 Å². The van der Waals surface area contributed by atoms with E-state index >= 15 is 0 Å². The molecule has 0 aliphatic heterocycles. The Morgan fingerprint density at radius 2 is 2.67 bits per heavy atom. The Balaban J connectivity index is 2.30. The zero-order chi connectivity index (χ0) is 6.53. The zero-order valence-electron chi connectivity index (χ0n) is 4.71. The normalized spacial score (nSPS) is 9.89. The van der Waals surface area contributed by atoms with Crippen molar-refractivity contribution in [1.82, 2.24) is 4.98 Å². The van der Waals surface area contributed by atoms with Gasteiger partial charge in [0, 0.05) is 0 Å². The summed E-state index contributed by atoms with van der Waals surface area (Å²) in [7, 11) is 0. The molecule has 0 aliphatic carbocycles. The van der Waals surface area contributed by atoms with Crippen LogP contribution in [0.2, 0.25) is 0 Å². The average Bonchev–Trinajstić information content (AvgIpc) is 2.34. The predicted molar refractivity (Wildman–Crippen MR) is 40.2 cm³/mol. The Morgan fingerprint density at radius 1 is 1.78 bits per heavy atom. The number of rotatable bonds is 3. The van der Waals surface area contributed by atoms with Gasteiger partial charge in [0.15, 0.2) is 6.39 Å². The summed E-state index contributed by atoms with van der Waals surface area (Å²) >= 11 is 2.13. The van der Waals surface area contributed by atoms with Gasteiger partial charge in [0.25, 0.3) is 0 Å². The summed E-state index contributed by atoms with van der Waals surface area (Å²) < 4.78 is 10.4. The standard InChI is InChI=1S/C5H6INO2/c6-3-8-1-5-2-9-4-7-5/h2,4H,1,3H2. The number of aromatic nitrogens is 1. The van der Waals surface area contributed by atoms with Crippen molar-refractivity contribution in [2.24, 2.45) is 0 Å². The first-order chi connectivity index (χ1) is 4.43. The summed E-state index contributed by atoms with van der Waals surface area (Å²) in [5, 5.41) is 0. The maximum Gasteiger partial charge on any atom is 0.180 e. The minimum absolute atomic E-state index is 0.541. The minimum Gasteiger partial charge on any atom is -0.451 e. The molecule has 0 N–H and O–H groups in total. The van der Waals surface area contributed by atoms with Crippen molar-refractivity contribution in [2.45, 2.75) is 6.61 Å². The smallest absolute Gasteiger partial charge is 0.180 e. The molecule has 0 unspecified atom stereocenters. The molecule has 0 aliphatic rings. The van der Waals surface area contributed by atoms with E-state index in [9.17, 15) is 0 Å². The second-order valence-corrected chi connectivity index (χ2v) is 2.06. The van der Waals surface area contributed by atoms with Crippen molar-refractivity contribution in [3.8, 4) is 0 Å². The quantitative estimate of drug-likeness (QED) is 0.593. The molecule has 0 fully saturated rings. The van der Waals surface area contributed by atoms with Gasteiger partial charge in [-0.25, -0.2) is 4.98 Å². The van der Waals surface area contributed by atoms with Crippen molar-refractivity contribution in [1.29, 1.82) is 0 Å². The largest absolute Gasteiger partial charge is 0.451 e. The van der Waals surface area contributed by atoms with Crippen LogP contribution in [0, 0.1) is 0 Å². The fourth-order valence-corrected chi connectivity index (χ4v) is 0.672. The summed E-state index contributed by atoms with van der Waals surface area (Å²) in [6.07, 6.45) is 2.97. The first-order valence-corrected chi connectivity index (χ1v) is 3.97. The molecule has 1 heterocycles. The van der Waals surface area contributed by atoms with Gasteiger partial charge in [0.1, 0.15) is 12.0 Å². The molecule has 0 radical (unpaired) electrons. The fraction of sp³-hybridized carbons (Fsp3) is 0.400.